The van der Waals surface area contributed by atoms with E-state index in [9.17, 15) is 18.0 Å². The number of nitrogens with zero attached hydrogens (tertiary/aromatic N) is 3. The highest BCUT2D eigenvalue weighted by atomic mass is 19.4. The van der Waals surface area contributed by atoms with Gasteiger partial charge in [-0.3, -0.25) is 0 Å². The third kappa shape index (κ3) is 4.61. The molecule has 1 aliphatic rings. The van der Waals surface area contributed by atoms with Gasteiger partial charge in [-0.05, 0) is 39.7 Å². The number of halogens is 3. The summed E-state index contributed by atoms with van der Waals surface area (Å²) < 4.78 is 48.6. The van der Waals surface area contributed by atoms with Crippen LogP contribution >= 0.6 is 0 Å². The number of likely N-dealkylation sites (tertiary alicyclic amines) is 1. The van der Waals surface area contributed by atoms with Crippen LogP contribution in [0.3, 0.4) is 0 Å². The number of carbonyl (C=O) groups excluding carboxylic acids is 1. The van der Waals surface area contributed by atoms with Crippen molar-refractivity contribution in [3.8, 4) is 11.6 Å². The largest absolute Gasteiger partial charge is 0.444 e. The summed E-state index contributed by atoms with van der Waals surface area (Å²) in [5.41, 5.74) is -1.31. The number of aromatic nitrogens is 3. The van der Waals surface area contributed by atoms with Crippen molar-refractivity contribution in [2.45, 2.75) is 51.3 Å². The Bertz CT molecular complexity index is 807. The molecule has 0 aliphatic carbocycles. The van der Waals surface area contributed by atoms with Crippen LogP contribution in [0.4, 0.5) is 18.0 Å². The number of nitrogens with one attached hydrogen (secondary N) is 1. The van der Waals surface area contributed by atoms with E-state index in [4.69, 9.17) is 9.26 Å². The standard InChI is InChI=1S/C17H21F3N4O3/c1-16(2,3)26-15(25)24-6-4-5-10(9-24)13-22-14(27-23-13)12-7-11(8-21-12)17(18,19)20/h7-8,10,21H,4-6,9H2,1-3H3/t10-/m0/s1. The van der Waals surface area contributed by atoms with Crippen molar-refractivity contribution in [1.82, 2.24) is 20.0 Å². The number of amides is 1. The molecule has 1 fully saturated rings. The molecule has 2 aromatic heterocycles. The molecule has 0 spiro atoms. The van der Waals surface area contributed by atoms with Crippen molar-refractivity contribution in [3.05, 3.63) is 23.7 Å². The normalized spacial score (nSPS) is 18.6. The Balaban J connectivity index is 1.70. The van der Waals surface area contributed by atoms with Gasteiger partial charge in [0.05, 0.1) is 5.56 Å². The van der Waals surface area contributed by atoms with Crippen molar-refractivity contribution in [2.24, 2.45) is 0 Å². The molecule has 0 radical (unpaired) electrons. The molecule has 10 heteroatoms. The molecule has 0 saturated carbocycles. The van der Waals surface area contributed by atoms with Crippen LogP contribution in [-0.4, -0.2) is 44.8 Å². The average Bonchev–Trinajstić information content (AvgIpc) is 3.22. The van der Waals surface area contributed by atoms with Gasteiger partial charge in [-0.2, -0.15) is 18.2 Å². The van der Waals surface area contributed by atoms with Crippen LogP contribution in [0.2, 0.25) is 0 Å². The molecule has 1 aliphatic heterocycles. The Morgan fingerprint density at radius 2 is 2.11 bits per heavy atom. The lowest BCUT2D eigenvalue weighted by molar-refractivity contribution is -0.137. The number of H-pyrrole nitrogens is 1. The van der Waals surface area contributed by atoms with Gasteiger partial charge in [0.1, 0.15) is 11.3 Å². The molecule has 3 rings (SSSR count). The Morgan fingerprint density at radius 1 is 1.37 bits per heavy atom. The fourth-order valence-corrected chi connectivity index (χ4v) is 2.87. The van der Waals surface area contributed by atoms with E-state index in [2.05, 4.69) is 15.1 Å². The Labute approximate surface area is 153 Å². The lowest BCUT2D eigenvalue weighted by Crippen LogP contribution is -2.42. The maximum absolute atomic E-state index is 12.7. The monoisotopic (exact) mass is 386 g/mol. The minimum absolute atomic E-state index is 0.0186. The third-order valence-electron chi connectivity index (χ3n) is 4.12. The number of piperidine rings is 1. The molecule has 1 N–H and O–H groups in total. The van der Waals surface area contributed by atoms with E-state index < -0.39 is 23.4 Å². The Hall–Kier alpha value is -2.52. The Morgan fingerprint density at radius 3 is 2.74 bits per heavy atom. The minimum Gasteiger partial charge on any atom is -0.444 e. The zero-order valence-corrected chi connectivity index (χ0v) is 15.3. The number of ether oxygens (including phenoxy) is 1. The number of carbonyl (C=O) groups is 1. The van der Waals surface area contributed by atoms with Crippen LogP contribution in [0.1, 0.15) is 50.9 Å². The number of aromatic amines is 1. The second-order valence-electron chi connectivity index (χ2n) is 7.52. The van der Waals surface area contributed by atoms with Crippen molar-refractivity contribution in [2.75, 3.05) is 13.1 Å². The van der Waals surface area contributed by atoms with Crippen LogP contribution in [0.25, 0.3) is 11.6 Å². The highest BCUT2D eigenvalue weighted by Crippen LogP contribution is 2.32. The fourth-order valence-electron chi connectivity index (χ4n) is 2.87. The van der Waals surface area contributed by atoms with E-state index in [1.54, 1.807) is 25.7 Å². The van der Waals surface area contributed by atoms with Gasteiger partial charge >= 0.3 is 12.3 Å². The molecule has 2 aromatic rings. The van der Waals surface area contributed by atoms with Crippen LogP contribution < -0.4 is 0 Å². The first-order chi connectivity index (χ1) is 12.5. The van der Waals surface area contributed by atoms with Gasteiger partial charge in [0.15, 0.2) is 5.82 Å². The minimum atomic E-state index is -4.45. The van der Waals surface area contributed by atoms with Crippen molar-refractivity contribution in [3.63, 3.8) is 0 Å². The summed E-state index contributed by atoms with van der Waals surface area (Å²) in [7, 11) is 0. The molecule has 27 heavy (non-hydrogen) atoms. The van der Waals surface area contributed by atoms with Gasteiger partial charge in [-0.15, -0.1) is 0 Å². The summed E-state index contributed by atoms with van der Waals surface area (Å²) in [4.78, 5) is 20.5. The van der Waals surface area contributed by atoms with E-state index in [0.717, 1.165) is 25.1 Å². The lowest BCUT2D eigenvalue weighted by atomic mass is 9.98. The second-order valence-corrected chi connectivity index (χ2v) is 7.52. The predicted molar refractivity (Wildman–Crippen MR) is 88.9 cm³/mol. The molecular formula is C17H21F3N4O3. The summed E-state index contributed by atoms with van der Waals surface area (Å²) in [6.45, 7) is 6.32. The number of rotatable bonds is 2. The van der Waals surface area contributed by atoms with Crippen LogP contribution in [0.15, 0.2) is 16.8 Å². The van der Waals surface area contributed by atoms with Crippen molar-refractivity contribution < 1.29 is 27.2 Å². The first-order valence-corrected chi connectivity index (χ1v) is 8.60. The number of hydrogen-bond donors (Lipinski definition) is 1. The first kappa shape index (κ1) is 19.2. The lowest BCUT2D eigenvalue weighted by Gasteiger charge is -2.32. The zero-order valence-electron chi connectivity index (χ0n) is 15.3. The molecule has 148 valence electrons. The molecule has 0 aromatic carbocycles. The highest BCUT2D eigenvalue weighted by Gasteiger charge is 2.33. The second kappa shape index (κ2) is 6.90. The van der Waals surface area contributed by atoms with Gasteiger partial charge in [-0.1, -0.05) is 5.16 Å². The Kier molecular flexibility index (Phi) is 4.92. The fraction of sp³-hybridized carbons (Fsp3) is 0.588. The van der Waals surface area contributed by atoms with Gasteiger partial charge in [0, 0.05) is 25.2 Å². The van der Waals surface area contributed by atoms with Crippen molar-refractivity contribution in [1.29, 1.82) is 0 Å². The summed E-state index contributed by atoms with van der Waals surface area (Å²) in [6.07, 6.45) is -2.51. The summed E-state index contributed by atoms with van der Waals surface area (Å²) in [5.74, 6) is 0.178. The molecule has 0 unspecified atom stereocenters. The molecule has 0 bridgehead atoms. The molecule has 3 heterocycles. The maximum atomic E-state index is 12.7. The van der Waals surface area contributed by atoms with E-state index in [-0.39, 0.29) is 17.5 Å². The number of alkyl halides is 3. The molecule has 1 saturated heterocycles. The highest BCUT2D eigenvalue weighted by molar-refractivity contribution is 5.68. The smallest absolute Gasteiger partial charge is 0.417 e. The summed E-state index contributed by atoms with van der Waals surface area (Å²) in [6, 6.07) is 0.922. The average molecular weight is 386 g/mol. The SMILES string of the molecule is CC(C)(C)OC(=O)N1CCC[C@H](c2noc(-c3cc(C(F)(F)F)c[nH]3)n2)C1. The summed E-state index contributed by atoms with van der Waals surface area (Å²) >= 11 is 0. The molecule has 7 nitrogen and oxygen atoms in total. The topological polar surface area (TPSA) is 84.2 Å². The predicted octanol–water partition coefficient (Wildman–Crippen LogP) is 4.20. The van der Waals surface area contributed by atoms with Gasteiger partial charge in [0.25, 0.3) is 5.89 Å². The van der Waals surface area contributed by atoms with Gasteiger partial charge in [-0.25, -0.2) is 4.79 Å². The first-order valence-electron chi connectivity index (χ1n) is 8.60. The van der Waals surface area contributed by atoms with E-state index in [1.165, 1.54) is 0 Å². The molecule has 1 atom stereocenters. The third-order valence-corrected chi connectivity index (χ3v) is 4.12. The zero-order chi connectivity index (χ0) is 19.8. The van der Waals surface area contributed by atoms with E-state index in [1.807, 2.05) is 0 Å². The maximum Gasteiger partial charge on any atom is 0.417 e. The van der Waals surface area contributed by atoms with E-state index in [0.29, 0.717) is 18.9 Å². The van der Waals surface area contributed by atoms with Crippen LogP contribution in [-0.2, 0) is 10.9 Å². The van der Waals surface area contributed by atoms with Crippen LogP contribution in [0, 0.1) is 0 Å². The molecular weight excluding hydrogens is 365 g/mol. The van der Waals surface area contributed by atoms with Gasteiger partial charge < -0.3 is 19.1 Å². The van der Waals surface area contributed by atoms with Crippen molar-refractivity contribution >= 4 is 6.09 Å². The van der Waals surface area contributed by atoms with Gasteiger partial charge in [0.2, 0.25) is 0 Å². The summed E-state index contributed by atoms with van der Waals surface area (Å²) in [5, 5.41) is 3.89. The number of hydrogen-bond acceptors (Lipinski definition) is 5. The van der Waals surface area contributed by atoms with E-state index >= 15 is 0 Å². The quantitative estimate of drug-likeness (QED) is 0.836. The molecule has 1 amide bonds. The van der Waals surface area contributed by atoms with Crippen LogP contribution in [0.5, 0.6) is 0 Å².